The van der Waals surface area contributed by atoms with Crippen molar-refractivity contribution in [2.45, 2.75) is 38.7 Å². The van der Waals surface area contributed by atoms with Crippen LogP contribution >= 0.6 is 11.3 Å². The molecule has 1 amide bonds. The summed E-state index contributed by atoms with van der Waals surface area (Å²) in [6.07, 6.45) is 0.647. The smallest absolute Gasteiger partial charge is 0.309 e. The summed E-state index contributed by atoms with van der Waals surface area (Å²) >= 11 is 1.63. The minimum Gasteiger partial charge on any atom is -0.462 e. The summed E-state index contributed by atoms with van der Waals surface area (Å²) in [7, 11) is 1.77. The van der Waals surface area contributed by atoms with Crippen LogP contribution in [-0.2, 0) is 14.3 Å². The topological polar surface area (TPSA) is 59.5 Å². The second kappa shape index (κ2) is 6.89. The Labute approximate surface area is 145 Å². The molecule has 1 fully saturated rings. The largest absolute Gasteiger partial charge is 0.462 e. The lowest BCUT2D eigenvalue weighted by Crippen LogP contribution is -2.39. The van der Waals surface area contributed by atoms with Gasteiger partial charge < -0.3 is 9.64 Å². The van der Waals surface area contributed by atoms with Gasteiger partial charge in [0, 0.05) is 25.9 Å². The van der Waals surface area contributed by atoms with Crippen molar-refractivity contribution in [1.82, 2.24) is 9.88 Å². The molecule has 0 bridgehead atoms. The van der Waals surface area contributed by atoms with Crippen LogP contribution < -0.4 is 0 Å². The molecule has 3 atom stereocenters. The normalized spacial score (nSPS) is 20.9. The van der Waals surface area contributed by atoms with Gasteiger partial charge in [-0.3, -0.25) is 9.59 Å². The Hall–Kier alpha value is -1.95. The molecule has 0 saturated carbocycles. The van der Waals surface area contributed by atoms with Gasteiger partial charge in [0.2, 0.25) is 5.91 Å². The van der Waals surface area contributed by atoms with Crippen LogP contribution in [0.1, 0.15) is 37.6 Å². The first-order valence-corrected chi connectivity index (χ1v) is 9.07. The van der Waals surface area contributed by atoms with Crippen LogP contribution in [0.25, 0.3) is 10.2 Å². The molecule has 24 heavy (non-hydrogen) atoms. The molecular weight excluding hydrogens is 324 g/mol. The fourth-order valence-electron chi connectivity index (χ4n) is 2.81. The molecule has 2 heterocycles. The van der Waals surface area contributed by atoms with Crippen molar-refractivity contribution in [3.05, 3.63) is 29.3 Å². The van der Waals surface area contributed by atoms with Gasteiger partial charge in [0.15, 0.2) is 0 Å². The first kappa shape index (κ1) is 16.9. The van der Waals surface area contributed by atoms with Crippen LogP contribution in [0.3, 0.4) is 0 Å². The third-order valence-corrected chi connectivity index (χ3v) is 5.94. The number of likely N-dealkylation sites (tertiary alicyclic amines) is 1. The van der Waals surface area contributed by atoms with Gasteiger partial charge in [-0.2, -0.15) is 0 Å². The van der Waals surface area contributed by atoms with Gasteiger partial charge in [-0.15, -0.1) is 11.3 Å². The minimum atomic E-state index is -0.321. The van der Waals surface area contributed by atoms with Crippen molar-refractivity contribution >= 4 is 33.4 Å². The van der Waals surface area contributed by atoms with Gasteiger partial charge in [-0.1, -0.05) is 19.1 Å². The molecule has 1 saturated heterocycles. The van der Waals surface area contributed by atoms with E-state index in [0.29, 0.717) is 13.0 Å². The van der Waals surface area contributed by atoms with Crippen LogP contribution in [0.5, 0.6) is 0 Å². The number of esters is 1. The number of benzene rings is 1. The molecule has 0 N–H and O–H groups in total. The number of rotatable bonds is 4. The summed E-state index contributed by atoms with van der Waals surface area (Å²) in [6, 6.07) is 8.00. The van der Waals surface area contributed by atoms with Crippen molar-refractivity contribution in [2.75, 3.05) is 13.6 Å². The van der Waals surface area contributed by atoms with E-state index >= 15 is 0 Å². The SMILES string of the molecule is C[C@H](OC(=O)[C@@H]1CCN(C)C(=O)C1)[C@@H](C)c1nc2ccccc2s1. The first-order chi connectivity index (χ1) is 11.5. The summed E-state index contributed by atoms with van der Waals surface area (Å²) in [5.74, 6) is -0.556. The Kier molecular flexibility index (Phi) is 4.85. The molecule has 0 radical (unpaired) electrons. The molecule has 0 unspecified atom stereocenters. The number of piperidine rings is 1. The van der Waals surface area contributed by atoms with E-state index in [1.165, 1.54) is 0 Å². The standard InChI is InChI=1S/C18H22N2O3S/c1-11(17-19-14-6-4-5-7-15(14)24-17)12(2)23-18(22)13-8-9-20(3)16(21)10-13/h4-7,11-13H,8-10H2,1-3H3/t11-,12+,13-/m1/s1. The third kappa shape index (κ3) is 3.43. The van der Waals surface area contributed by atoms with Crippen molar-refractivity contribution in [1.29, 1.82) is 0 Å². The number of carbonyl (C=O) groups is 2. The lowest BCUT2D eigenvalue weighted by atomic mass is 9.96. The Morgan fingerprint density at radius 2 is 2.12 bits per heavy atom. The number of hydrogen-bond donors (Lipinski definition) is 0. The number of nitrogens with zero attached hydrogens (tertiary/aromatic N) is 2. The second-order valence-electron chi connectivity index (χ2n) is 6.46. The van der Waals surface area contributed by atoms with E-state index in [2.05, 4.69) is 4.98 Å². The molecule has 128 valence electrons. The maximum absolute atomic E-state index is 12.4. The molecule has 5 nitrogen and oxygen atoms in total. The van der Waals surface area contributed by atoms with E-state index in [4.69, 9.17) is 4.74 Å². The van der Waals surface area contributed by atoms with Crippen molar-refractivity contribution in [3.8, 4) is 0 Å². The highest BCUT2D eigenvalue weighted by Gasteiger charge is 2.32. The number of amides is 1. The number of aromatic nitrogens is 1. The first-order valence-electron chi connectivity index (χ1n) is 8.25. The van der Waals surface area contributed by atoms with Gasteiger partial charge in [0.05, 0.1) is 16.1 Å². The predicted molar refractivity (Wildman–Crippen MR) is 94.0 cm³/mol. The summed E-state index contributed by atoms with van der Waals surface area (Å²) in [6.45, 7) is 4.53. The van der Waals surface area contributed by atoms with Crippen molar-refractivity contribution in [2.24, 2.45) is 5.92 Å². The van der Waals surface area contributed by atoms with Crippen molar-refractivity contribution < 1.29 is 14.3 Å². The van der Waals surface area contributed by atoms with E-state index in [1.807, 2.05) is 38.1 Å². The fourth-order valence-corrected chi connectivity index (χ4v) is 3.92. The summed E-state index contributed by atoms with van der Waals surface area (Å²) in [5, 5.41) is 0.968. The van der Waals surface area contributed by atoms with E-state index in [0.717, 1.165) is 15.2 Å². The van der Waals surface area contributed by atoms with Gasteiger partial charge in [-0.25, -0.2) is 4.98 Å². The molecule has 1 aliphatic heterocycles. The Bertz CT molecular complexity index is 725. The second-order valence-corrected chi connectivity index (χ2v) is 7.52. The maximum atomic E-state index is 12.4. The van der Waals surface area contributed by atoms with Crippen LogP contribution in [0, 0.1) is 5.92 Å². The molecule has 3 rings (SSSR count). The number of carbonyl (C=O) groups excluding carboxylic acids is 2. The lowest BCUT2D eigenvalue weighted by Gasteiger charge is -2.29. The number of para-hydroxylation sites is 1. The zero-order valence-electron chi connectivity index (χ0n) is 14.2. The summed E-state index contributed by atoms with van der Waals surface area (Å²) in [4.78, 5) is 30.4. The zero-order chi connectivity index (χ0) is 17.3. The van der Waals surface area contributed by atoms with Gasteiger partial charge in [-0.05, 0) is 25.5 Å². The van der Waals surface area contributed by atoms with E-state index < -0.39 is 0 Å². The zero-order valence-corrected chi connectivity index (χ0v) is 15.0. The van der Waals surface area contributed by atoms with E-state index in [-0.39, 0.29) is 36.2 Å². The molecule has 1 aromatic carbocycles. The number of thiazole rings is 1. The molecule has 0 aliphatic carbocycles. The number of fused-ring (bicyclic) bond motifs is 1. The van der Waals surface area contributed by atoms with Crippen LogP contribution in [0.15, 0.2) is 24.3 Å². The van der Waals surface area contributed by atoms with E-state index in [1.54, 1.807) is 23.3 Å². The van der Waals surface area contributed by atoms with Crippen LogP contribution in [-0.4, -0.2) is 41.5 Å². The van der Waals surface area contributed by atoms with Gasteiger partial charge in [0.25, 0.3) is 0 Å². The number of hydrogen-bond acceptors (Lipinski definition) is 5. The highest BCUT2D eigenvalue weighted by molar-refractivity contribution is 7.18. The van der Waals surface area contributed by atoms with Crippen LogP contribution in [0.4, 0.5) is 0 Å². The predicted octanol–water partition coefficient (Wildman–Crippen LogP) is 3.20. The minimum absolute atomic E-state index is 0.00933. The molecule has 1 aromatic heterocycles. The maximum Gasteiger partial charge on any atom is 0.309 e. The van der Waals surface area contributed by atoms with Gasteiger partial charge >= 0.3 is 5.97 Å². The fraction of sp³-hybridized carbons (Fsp3) is 0.500. The molecule has 6 heteroatoms. The Balaban J connectivity index is 1.64. The molecule has 1 aliphatic rings. The molecule has 0 spiro atoms. The van der Waals surface area contributed by atoms with Gasteiger partial charge in [0.1, 0.15) is 11.1 Å². The van der Waals surface area contributed by atoms with Crippen LogP contribution in [0.2, 0.25) is 0 Å². The Morgan fingerprint density at radius 1 is 1.38 bits per heavy atom. The lowest BCUT2D eigenvalue weighted by molar-refractivity contribution is -0.158. The molecular formula is C18H22N2O3S. The average Bonchev–Trinajstić information content (AvgIpc) is 3.00. The summed E-state index contributed by atoms with van der Waals surface area (Å²) < 4.78 is 6.78. The quantitative estimate of drug-likeness (QED) is 0.798. The number of ether oxygens (including phenoxy) is 1. The highest BCUT2D eigenvalue weighted by Crippen LogP contribution is 2.31. The van der Waals surface area contributed by atoms with Crippen molar-refractivity contribution in [3.63, 3.8) is 0 Å². The Morgan fingerprint density at radius 3 is 2.83 bits per heavy atom. The van der Waals surface area contributed by atoms with E-state index in [9.17, 15) is 9.59 Å². The third-order valence-electron chi connectivity index (χ3n) is 4.70. The monoisotopic (exact) mass is 346 g/mol. The average molecular weight is 346 g/mol. The molecule has 2 aromatic rings. The summed E-state index contributed by atoms with van der Waals surface area (Å²) in [5.41, 5.74) is 0.976. The highest BCUT2D eigenvalue weighted by atomic mass is 32.1.